The summed E-state index contributed by atoms with van der Waals surface area (Å²) in [6.45, 7) is 1.37. The van der Waals surface area contributed by atoms with Gasteiger partial charge in [-0.3, -0.25) is 14.5 Å². The molecular weight excluding hydrogens is 509 g/mol. The van der Waals surface area contributed by atoms with Gasteiger partial charge in [-0.05, 0) is 17.5 Å². The molecular formula is C24H24KN5O5S. The molecule has 1 fully saturated rings. The Morgan fingerprint density at radius 1 is 1.11 bits per heavy atom. The largest absolute Gasteiger partial charge is 1.00 e. The summed E-state index contributed by atoms with van der Waals surface area (Å²) in [6, 6.07) is 10.1. The molecule has 10 nitrogen and oxygen atoms in total. The van der Waals surface area contributed by atoms with Crippen molar-refractivity contribution in [3.8, 4) is 11.1 Å². The van der Waals surface area contributed by atoms with Crippen molar-refractivity contribution in [3.05, 3.63) is 69.9 Å². The van der Waals surface area contributed by atoms with E-state index in [2.05, 4.69) is 14.8 Å². The van der Waals surface area contributed by atoms with Gasteiger partial charge in [0.2, 0.25) is 0 Å². The van der Waals surface area contributed by atoms with Crippen molar-refractivity contribution in [1.82, 2.24) is 19.1 Å². The first-order valence-electron chi connectivity index (χ1n) is 11.0. The molecule has 0 unspecified atom stereocenters. The molecule has 1 atom stereocenters. The summed E-state index contributed by atoms with van der Waals surface area (Å²) in [7, 11) is -0.738. The zero-order chi connectivity index (χ0) is 24.6. The number of nitrogens with zero attached hydrogens (tertiary/aromatic N) is 5. The second-order valence-corrected chi connectivity index (χ2v) is 10.1. The van der Waals surface area contributed by atoms with Crippen LogP contribution < -0.4 is 56.8 Å². The summed E-state index contributed by atoms with van der Waals surface area (Å²) in [6.07, 6.45) is 4.90. The van der Waals surface area contributed by atoms with E-state index in [9.17, 15) is 13.2 Å². The van der Waals surface area contributed by atoms with Crippen molar-refractivity contribution in [2.75, 3.05) is 33.4 Å². The number of hydrogen-bond donors (Lipinski definition) is 0. The van der Waals surface area contributed by atoms with Crippen LogP contribution in [-0.4, -0.2) is 67.0 Å². The minimum Gasteiger partial charge on any atom is -0.564 e. The molecule has 3 heterocycles. The smallest absolute Gasteiger partial charge is 0.564 e. The zero-order valence-electron chi connectivity index (χ0n) is 20.3. The van der Waals surface area contributed by atoms with Crippen molar-refractivity contribution < 1.29 is 69.3 Å². The molecule has 12 heteroatoms. The van der Waals surface area contributed by atoms with E-state index < -0.39 is 10.2 Å². The first-order chi connectivity index (χ1) is 16.8. The number of likely N-dealkylation sites (N-methyl/N-ethyl adjacent to an activating group) is 1. The molecule has 2 aromatic carbocycles. The van der Waals surface area contributed by atoms with Crippen LogP contribution in [0.3, 0.4) is 0 Å². The van der Waals surface area contributed by atoms with E-state index in [1.54, 1.807) is 47.4 Å². The third-order valence-corrected chi connectivity index (χ3v) is 7.24. The normalized spacial score (nSPS) is 16.2. The van der Waals surface area contributed by atoms with Crippen molar-refractivity contribution >= 4 is 37.6 Å². The SMILES string of the molecule is CN(C[C@@H]1COCCO1)S(=O)(=O)[N-]c1ccc2ccc3ncc(-c4cnn(C)c4)cc3c(=O)c2c1.[K+]. The molecule has 182 valence electrons. The average molecular weight is 534 g/mol. The fourth-order valence-corrected chi connectivity index (χ4v) is 4.87. The minimum atomic E-state index is -3.99. The molecule has 0 aliphatic carbocycles. The molecule has 1 aliphatic heterocycles. The Balaban J connectivity index is 0.00000304. The quantitative estimate of drug-likeness (QED) is 0.314. The van der Waals surface area contributed by atoms with Crippen molar-refractivity contribution in [2.45, 2.75) is 6.10 Å². The van der Waals surface area contributed by atoms with Gasteiger partial charge in [-0.1, -0.05) is 24.3 Å². The number of aromatic nitrogens is 3. The molecule has 2 aromatic heterocycles. The number of benzene rings is 1. The molecule has 0 spiro atoms. The van der Waals surface area contributed by atoms with Crippen LogP contribution in [0.2, 0.25) is 0 Å². The van der Waals surface area contributed by atoms with Crippen LogP contribution >= 0.6 is 0 Å². The predicted octanol–water partition coefficient (Wildman–Crippen LogP) is -0.250. The van der Waals surface area contributed by atoms with E-state index in [0.29, 0.717) is 41.5 Å². The van der Waals surface area contributed by atoms with Gasteiger partial charge in [0.05, 0.1) is 37.6 Å². The third kappa shape index (κ3) is 5.87. The summed E-state index contributed by atoms with van der Waals surface area (Å²) < 4.78 is 43.3. The van der Waals surface area contributed by atoms with E-state index >= 15 is 0 Å². The van der Waals surface area contributed by atoms with Gasteiger partial charge in [0.25, 0.3) is 0 Å². The van der Waals surface area contributed by atoms with Crippen LogP contribution in [0.4, 0.5) is 5.69 Å². The third-order valence-electron chi connectivity index (χ3n) is 5.86. The summed E-state index contributed by atoms with van der Waals surface area (Å²) in [5.74, 6) is 0. The molecule has 0 amide bonds. The van der Waals surface area contributed by atoms with Crippen LogP contribution in [-0.2, 0) is 26.7 Å². The molecule has 36 heavy (non-hydrogen) atoms. The number of ether oxygens (including phenoxy) is 2. The van der Waals surface area contributed by atoms with E-state index in [1.165, 1.54) is 13.1 Å². The van der Waals surface area contributed by atoms with E-state index in [4.69, 9.17) is 9.47 Å². The molecule has 0 saturated carbocycles. The maximum Gasteiger partial charge on any atom is 1.00 e. The summed E-state index contributed by atoms with van der Waals surface area (Å²) >= 11 is 0. The van der Waals surface area contributed by atoms with Crippen LogP contribution in [0, 0.1) is 0 Å². The Labute approximate surface area is 251 Å². The summed E-state index contributed by atoms with van der Waals surface area (Å²) in [5.41, 5.74) is 2.06. The van der Waals surface area contributed by atoms with E-state index in [1.807, 2.05) is 13.2 Å². The molecule has 0 N–H and O–H groups in total. The Morgan fingerprint density at radius 2 is 1.92 bits per heavy atom. The number of fused-ring (bicyclic) bond motifs is 2. The second kappa shape index (κ2) is 11.3. The van der Waals surface area contributed by atoms with Gasteiger partial charge < -0.3 is 14.2 Å². The average Bonchev–Trinajstić information content (AvgIpc) is 3.23. The molecule has 0 radical (unpaired) electrons. The van der Waals surface area contributed by atoms with Gasteiger partial charge in [-0.15, -0.1) is 5.69 Å². The Hall–Kier alpha value is -1.74. The number of aryl methyl sites for hydroxylation is 1. The van der Waals surface area contributed by atoms with Crippen LogP contribution in [0.5, 0.6) is 0 Å². The Morgan fingerprint density at radius 3 is 2.64 bits per heavy atom. The molecule has 1 saturated heterocycles. The van der Waals surface area contributed by atoms with Crippen LogP contribution in [0.25, 0.3) is 37.5 Å². The molecule has 4 aromatic rings. The molecule has 5 rings (SSSR count). The summed E-state index contributed by atoms with van der Waals surface area (Å²) in [5, 5.41) is 5.62. The van der Waals surface area contributed by atoms with Crippen molar-refractivity contribution in [2.24, 2.45) is 7.05 Å². The van der Waals surface area contributed by atoms with Crippen LogP contribution in [0.1, 0.15) is 0 Å². The maximum absolute atomic E-state index is 13.5. The van der Waals surface area contributed by atoms with Gasteiger partial charge in [0.15, 0.2) is 15.6 Å². The van der Waals surface area contributed by atoms with E-state index in [0.717, 1.165) is 15.4 Å². The van der Waals surface area contributed by atoms with Crippen LogP contribution in [0.15, 0.2) is 59.8 Å². The number of rotatable bonds is 6. The maximum atomic E-state index is 13.5. The van der Waals surface area contributed by atoms with Gasteiger partial charge in [0.1, 0.15) is 0 Å². The Bertz CT molecular complexity index is 1570. The van der Waals surface area contributed by atoms with Gasteiger partial charge in [-0.25, -0.2) is 12.7 Å². The monoisotopic (exact) mass is 533 g/mol. The molecule has 1 aliphatic rings. The first-order valence-corrected chi connectivity index (χ1v) is 12.4. The minimum absolute atomic E-state index is 0. The van der Waals surface area contributed by atoms with Gasteiger partial charge >= 0.3 is 51.4 Å². The second-order valence-electron chi connectivity index (χ2n) is 8.41. The standard InChI is InChI=1S/C24H25N5O5S.K/c1-28-13-18(12-26-28)17-9-22-23(25-11-17)6-4-16-3-5-19(10-21(16)24(22)30)27-35(31,32)29(2)14-20-15-33-7-8-34-20;/h3-6,9-13,20H,7-8,14-15H2,1-2H3,(H,25,27,30);/q;+1/p-1/t20-;/m1./s1. The summed E-state index contributed by atoms with van der Waals surface area (Å²) in [4.78, 5) is 18.0. The van der Waals surface area contributed by atoms with Gasteiger partial charge in [0, 0.05) is 54.9 Å². The fraction of sp³-hybridized carbons (Fsp3) is 0.292. The fourth-order valence-electron chi connectivity index (χ4n) is 4.00. The predicted molar refractivity (Wildman–Crippen MR) is 133 cm³/mol. The van der Waals surface area contributed by atoms with E-state index in [-0.39, 0.29) is 75.1 Å². The van der Waals surface area contributed by atoms with Crippen molar-refractivity contribution in [1.29, 1.82) is 0 Å². The number of pyridine rings is 1. The topological polar surface area (TPSA) is 118 Å². The van der Waals surface area contributed by atoms with Gasteiger partial charge in [-0.2, -0.15) is 5.10 Å². The Kier molecular flexibility index (Phi) is 8.59. The van der Waals surface area contributed by atoms with Crippen molar-refractivity contribution in [3.63, 3.8) is 0 Å². The first kappa shape index (κ1) is 27.3. The zero-order valence-corrected chi connectivity index (χ0v) is 24.2. The molecule has 0 bridgehead atoms. The number of hydrogen-bond acceptors (Lipinski definition) is 7.